The molecule has 3 nitrogen and oxygen atoms in total. The standard InChI is InChI=1S/C16H14O3/c1-11-5-2-3-8-15(11)18-10-13-9-12-6-4-7-14(17)16(12)19-13/h2-9,17H,10H2,1H3. The quantitative estimate of drug-likeness (QED) is 0.767. The maximum absolute atomic E-state index is 9.68. The maximum Gasteiger partial charge on any atom is 0.176 e. The fourth-order valence-electron chi connectivity index (χ4n) is 2.04. The summed E-state index contributed by atoms with van der Waals surface area (Å²) >= 11 is 0. The summed E-state index contributed by atoms with van der Waals surface area (Å²) < 4.78 is 11.3. The summed E-state index contributed by atoms with van der Waals surface area (Å²) in [6, 6.07) is 15.0. The van der Waals surface area contributed by atoms with Crippen LogP contribution in [-0.2, 0) is 6.61 Å². The predicted octanol–water partition coefficient (Wildman–Crippen LogP) is 4.03. The first kappa shape index (κ1) is 11.7. The molecule has 0 saturated carbocycles. The molecule has 0 aliphatic carbocycles. The van der Waals surface area contributed by atoms with Crippen LogP contribution in [0.4, 0.5) is 0 Å². The summed E-state index contributed by atoms with van der Waals surface area (Å²) in [6.07, 6.45) is 0. The minimum Gasteiger partial charge on any atom is -0.504 e. The van der Waals surface area contributed by atoms with E-state index in [2.05, 4.69) is 0 Å². The molecule has 19 heavy (non-hydrogen) atoms. The lowest BCUT2D eigenvalue weighted by Gasteiger charge is -2.06. The van der Waals surface area contributed by atoms with Gasteiger partial charge in [0.05, 0.1) is 0 Å². The molecule has 1 heterocycles. The van der Waals surface area contributed by atoms with E-state index in [4.69, 9.17) is 9.15 Å². The number of aryl methyl sites for hydroxylation is 1. The number of ether oxygens (including phenoxy) is 1. The Labute approximate surface area is 111 Å². The van der Waals surface area contributed by atoms with Crippen molar-refractivity contribution in [3.05, 3.63) is 59.9 Å². The third-order valence-corrected chi connectivity index (χ3v) is 3.04. The second kappa shape index (κ2) is 4.69. The highest BCUT2D eigenvalue weighted by Crippen LogP contribution is 2.28. The smallest absolute Gasteiger partial charge is 0.176 e. The Hall–Kier alpha value is -2.42. The number of furan rings is 1. The van der Waals surface area contributed by atoms with Gasteiger partial charge in [0.2, 0.25) is 0 Å². The molecule has 0 fully saturated rings. The number of hydrogen-bond donors (Lipinski definition) is 1. The van der Waals surface area contributed by atoms with Gasteiger partial charge in [0.25, 0.3) is 0 Å². The zero-order chi connectivity index (χ0) is 13.2. The van der Waals surface area contributed by atoms with Gasteiger partial charge in [0.15, 0.2) is 11.3 Å². The third-order valence-electron chi connectivity index (χ3n) is 3.04. The molecule has 1 N–H and O–H groups in total. The summed E-state index contributed by atoms with van der Waals surface area (Å²) in [5, 5.41) is 10.6. The number of phenols is 1. The third kappa shape index (κ3) is 2.27. The molecule has 0 atom stereocenters. The molecule has 0 bridgehead atoms. The van der Waals surface area contributed by atoms with Crippen LogP contribution in [0, 0.1) is 6.92 Å². The summed E-state index contributed by atoms with van der Waals surface area (Å²) in [7, 11) is 0. The number of fused-ring (bicyclic) bond motifs is 1. The van der Waals surface area contributed by atoms with E-state index in [9.17, 15) is 5.11 Å². The molecule has 0 amide bonds. The van der Waals surface area contributed by atoms with Gasteiger partial charge >= 0.3 is 0 Å². The van der Waals surface area contributed by atoms with E-state index in [-0.39, 0.29) is 5.75 Å². The Bertz CT molecular complexity index is 713. The molecule has 1 aromatic heterocycles. The Morgan fingerprint density at radius 1 is 1.11 bits per heavy atom. The molecule has 3 rings (SSSR count). The minimum atomic E-state index is 0.152. The first-order valence-electron chi connectivity index (χ1n) is 6.13. The largest absolute Gasteiger partial charge is 0.504 e. The fraction of sp³-hybridized carbons (Fsp3) is 0.125. The lowest BCUT2D eigenvalue weighted by atomic mass is 10.2. The average molecular weight is 254 g/mol. The van der Waals surface area contributed by atoms with Crippen molar-refractivity contribution >= 4 is 11.0 Å². The highest BCUT2D eigenvalue weighted by molar-refractivity contribution is 5.83. The molecule has 96 valence electrons. The van der Waals surface area contributed by atoms with Crippen LogP contribution in [0.5, 0.6) is 11.5 Å². The molecule has 3 heteroatoms. The number of phenolic OH excluding ortho intramolecular Hbond substituents is 1. The zero-order valence-electron chi connectivity index (χ0n) is 10.6. The number of hydrogen-bond acceptors (Lipinski definition) is 3. The van der Waals surface area contributed by atoms with Crippen molar-refractivity contribution in [2.75, 3.05) is 0 Å². The summed E-state index contributed by atoms with van der Waals surface area (Å²) in [5.41, 5.74) is 1.59. The molecular weight excluding hydrogens is 240 g/mol. The number of aromatic hydroxyl groups is 1. The second-order valence-corrected chi connectivity index (χ2v) is 4.46. The van der Waals surface area contributed by atoms with Crippen molar-refractivity contribution in [1.29, 1.82) is 0 Å². The van der Waals surface area contributed by atoms with Gasteiger partial charge in [-0.15, -0.1) is 0 Å². The van der Waals surface area contributed by atoms with Gasteiger partial charge < -0.3 is 14.3 Å². The first-order valence-corrected chi connectivity index (χ1v) is 6.13. The molecule has 0 aliphatic rings. The van der Waals surface area contributed by atoms with Crippen molar-refractivity contribution in [2.45, 2.75) is 13.5 Å². The van der Waals surface area contributed by atoms with Gasteiger partial charge in [-0.05, 0) is 30.7 Å². The van der Waals surface area contributed by atoms with E-state index in [1.165, 1.54) is 0 Å². The topological polar surface area (TPSA) is 42.6 Å². The van der Waals surface area contributed by atoms with E-state index in [0.717, 1.165) is 16.7 Å². The van der Waals surface area contributed by atoms with Gasteiger partial charge in [-0.3, -0.25) is 0 Å². The fourth-order valence-corrected chi connectivity index (χ4v) is 2.04. The lowest BCUT2D eigenvalue weighted by molar-refractivity contribution is 0.272. The lowest BCUT2D eigenvalue weighted by Crippen LogP contribution is -1.95. The van der Waals surface area contributed by atoms with E-state index in [1.54, 1.807) is 12.1 Å². The monoisotopic (exact) mass is 254 g/mol. The van der Waals surface area contributed by atoms with E-state index in [0.29, 0.717) is 18.0 Å². The molecule has 0 radical (unpaired) electrons. The van der Waals surface area contributed by atoms with Crippen LogP contribution in [0.3, 0.4) is 0 Å². The van der Waals surface area contributed by atoms with Crippen molar-refractivity contribution in [2.24, 2.45) is 0 Å². The van der Waals surface area contributed by atoms with Crippen molar-refractivity contribution < 1.29 is 14.3 Å². The summed E-state index contributed by atoms with van der Waals surface area (Å²) in [4.78, 5) is 0. The molecule has 2 aromatic carbocycles. The van der Waals surface area contributed by atoms with E-state index < -0.39 is 0 Å². The van der Waals surface area contributed by atoms with Crippen LogP contribution in [0.1, 0.15) is 11.3 Å². The predicted molar refractivity (Wildman–Crippen MR) is 73.4 cm³/mol. The van der Waals surface area contributed by atoms with Crippen LogP contribution < -0.4 is 4.74 Å². The highest BCUT2D eigenvalue weighted by Gasteiger charge is 2.08. The molecule has 0 spiro atoms. The van der Waals surface area contributed by atoms with Crippen LogP contribution >= 0.6 is 0 Å². The Kier molecular flexibility index (Phi) is 2.88. The Morgan fingerprint density at radius 2 is 1.95 bits per heavy atom. The average Bonchev–Trinajstić information content (AvgIpc) is 2.82. The van der Waals surface area contributed by atoms with Crippen LogP contribution in [0.25, 0.3) is 11.0 Å². The maximum atomic E-state index is 9.68. The molecule has 0 aliphatic heterocycles. The van der Waals surface area contributed by atoms with Crippen molar-refractivity contribution in [3.8, 4) is 11.5 Å². The summed E-state index contributed by atoms with van der Waals surface area (Å²) in [6.45, 7) is 2.35. The zero-order valence-corrected chi connectivity index (χ0v) is 10.6. The van der Waals surface area contributed by atoms with Crippen molar-refractivity contribution in [1.82, 2.24) is 0 Å². The van der Waals surface area contributed by atoms with Gasteiger partial charge in [-0.25, -0.2) is 0 Å². The molecular formula is C16H14O3. The second-order valence-electron chi connectivity index (χ2n) is 4.46. The minimum absolute atomic E-state index is 0.152. The van der Waals surface area contributed by atoms with E-state index in [1.807, 2.05) is 43.3 Å². The molecule has 3 aromatic rings. The van der Waals surface area contributed by atoms with E-state index >= 15 is 0 Å². The van der Waals surface area contributed by atoms with Crippen LogP contribution in [-0.4, -0.2) is 5.11 Å². The number of rotatable bonds is 3. The van der Waals surface area contributed by atoms with Gasteiger partial charge in [-0.2, -0.15) is 0 Å². The highest BCUT2D eigenvalue weighted by atomic mass is 16.5. The normalized spacial score (nSPS) is 10.8. The van der Waals surface area contributed by atoms with Gasteiger partial charge in [-0.1, -0.05) is 30.3 Å². The Balaban J connectivity index is 1.83. The van der Waals surface area contributed by atoms with Gasteiger partial charge in [0, 0.05) is 5.39 Å². The van der Waals surface area contributed by atoms with Crippen LogP contribution in [0.2, 0.25) is 0 Å². The van der Waals surface area contributed by atoms with Crippen molar-refractivity contribution in [3.63, 3.8) is 0 Å². The van der Waals surface area contributed by atoms with Gasteiger partial charge in [0.1, 0.15) is 18.1 Å². The molecule has 0 saturated heterocycles. The Morgan fingerprint density at radius 3 is 2.74 bits per heavy atom. The molecule has 0 unspecified atom stereocenters. The number of para-hydroxylation sites is 2. The number of benzene rings is 2. The first-order chi connectivity index (χ1) is 9.24. The summed E-state index contributed by atoms with van der Waals surface area (Å²) in [5.74, 6) is 1.69. The SMILES string of the molecule is Cc1ccccc1OCc1cc2cccc(O)c2o1. The van der Waals surface area contributed by atoms with Crippen LogP contribution in [0.15, 0.2) is 52.9 Å².